The summed E-state index contributed by atoms with van der Waals surface area (Å²) in [5, 5.41) is 14.6. The Bertz CT molecular complexity index is 550. The fraction of sp³-hybridized carbons (Fsp3) is 0.667. The summed E-state index contributed by atoms with van der Waals surface area (Å²) in [7, 11) is 0. The van der Waals surface area contributed by atoms with E-state index >= 15 is 0 Å². The van der Waals surface area contributed by atoms with Crippen LogP contribution in [0.3, 0.4) is 0 Å². The van der Waals surface area contributed by atoms with E-state index in [0.717, 1.165) is 29.9 Å². The maximum atomic E-state index is 4.56. The van der Waals surface area contributed by atoms with Gasteiger partial charge < -0.3 is 10.6 Å². The third kappa shape index (κ3) is 4.06. The predicted octanol–water partition coefficient (Wildman–Crippen LogP) is 3.41. The molecule has 0 aliphatic heterocycles. The van der Waals surface area contributed by atoms with Crippen molar-refractivity contribution in [3.05, 3.63) is 6.20 Å². The van der Waals surface area contributed by atoms with Crippen LogP contribution in [-0.2, 0) is 0 Å². The zero-order chi connectivity index (χ0) is 15.1. The van der Waals surface area contributed by atoms with Crippen molar-refractivity contribution in [1.29, 1.82) is 0 Å². The number of hydrogen-bond donors (Lipinski definition) is 3. The monoisotopic (exact) mass is 290 g/mol. The summed E-state index contributed by atoms with van der Waals surface area (Å²) in [6, 6.07) is 0. The van der Waals surface area contributed by atoms with Crippen LogP contribution < -0.4 is 10.6 Å². The minimum atomic E-state index is 0.637. The molecule has 0 spiro atoms. The van der Waals surface area contributed by atoms with Crippen molar-refractivity contribution in [3.63, 3.8) is 0 Å². The standard InChI is InChI=1S/C15H26N6/c1-4-7-8-11(5-2)9-17-13-12-10-18-21-14(12)20-15(19-13)16-6-3/h10-11H,4-9H2,1-3H3,(H3,16,17,18,19,20,21). The Morgan fingerprint density at radius 3 is 2.76 bits per heavy atom. The molecule has 2 heterocycles. The van der Waals surface area contributed by atoms with E-state index in [-0.39, 0.29) is 0 Å². The summed E-state index contributed by atoms with van der Waals surface area (Å²) in [6.07, 6.45) is 6.76. The molecule has 0 radical (unpaired) electrons. The molecule has 0 aliphatic rings. The molecule has 0 amide bonds. The van der Waals surface area contributed by atoms with Crippen molar-refractivity contribution in [3.8, 4) is 0 Å². The van der Waals surface area contributed by atoms with Gasteiger partial charge in [-0.2, -0.15) is 15.1 Å². The van der Waals surface area contributed by atoms with Crippen LogP contribution in [0.25, 0.3) is 11.0 Å². The number of rotatable bonds is 9. The third-order valence-corrected chi connectivity index (χ3v) is 3.75. The highest BCUT2D eigenvalue weighted by atomic mass is 15.2. The second-order valence-electron chi connectivity index (χ2n) is 5.36. The van der Waals surface area contributed by atoms with Gasteiger partial charge in [0.15, 0.2) is 5.65 Å². The van der Waals surface area contributed by atoms with E-state index in [1.165, 1.54) is 25.7 Å². The van der Waals surface area contributed by atoms with E-state index in [1.807, 2.05) is 6.92 Å². The first kappa shape index (κ1) is 15.5. The van der Waals surface area contributed by atoms with Gasteiger partial charge in [0.25, 0.3) is 0 Å². The lowest BCUT2D eigenvalue weighted by atomic mass is 9.99. The molecule has 6 nitrogen and oxygen atoms in total. The molecular weight excluding hydrogens is 264 g/mol. The van der Waals surface area contributed by atoms with Crippen LogP contribution in [0.5, 0.6) is 0 Å². The highest BCUT2D eigenvalue weighted by molar-refractivity contribution is 5.86. The number of anilines is 2. The summed E-state index contributed by atoms with van der Waals surface area (Å²) in [5.74, 6) is 2.18. The van der Waals surface area contributed by atoms with Crippen LogP contribution in [0.1, 0.15) is 46.5 Å². The smallest absolute Gasteiger partial charge is 0.226 e. The number of H-pyrrole nitrogens is 1. The molecule has 0 aromatic carbocycles. The molecule has 116 valence electrons. The molecule has 0 fully saturated rings. The molecule has 3 N–H and O–H groups in total. The van der Waals surface area contributed by atoms with Gasteiger partial charge in [0, 0.05) is 13.1 Å². The maximum absolute atomic E-state index is 4.56. The van der Waals surface area contributed by atoms with Crippen LogP contribution in [0, 0.1) is 5.92 Å². The number of aromatic amines is 1. The average Bonchev–Trinajstić information content (AvgIpc) is 2.96. The molecule has 2 rings (SSSR count). The topological polar surface area (TPSA) is 78.5 Å². The lowest BCUT2D eigenvalue weighted by molar-refractivity contribution is 0.472. The normalized spacial score (nSPS) is 12.5. The van der Waals surface area contributed by atoms with Crippen molar-refractivity contribution >= 4 is 22.8 Å². The van der Waals surface area contributed by atoms with Crippen LogP contribution >= 0.6 is 0 Å². The van der Waals surface area contributed by atoms with Gasteiger partial charge >= 0.3 is 0 Å². The first-order valence-electron chi connectivity index (χ1n) is 7.97. The zero-order valence-electron chi connectivity index (χ0n) is 13.2. The molecular formula is C15H26N6. The molecule has 0 aliphatic carbocycles. The van der Waals surface area contributed by atoms with Gasteiger partial charge in [0.05, 0.1) is 11.6 Å². The Labute approximate surface area is 126 Å². The van der Waals surface area contributed by atoms with E-state index in [4.69, 9.17) is 0 Å². The van der Waals surface area contributed by atoms with E-state index in [1.54, 1.807) is 6.20 Å². The van der Waals surface area contributed by atoms with Crippen molar-refractivity contribution in [2.75, 3.05) is 23.7 Å². The highest BCUT2D eigenvalue weighted by Crippen LogP contribution is 2.21. The molecule has 0 bridgehead atoms. The van der Waals surface area contributed by atoms with Gasteiger partial charge in [-0.1, -0.05) is 33.1 Å². The summed E-state index contributed by atoms with van der Waals surface area (Å²) >= 11 is 0. The van der Waals surface area contributed by atoms with Crippen LogP contribution in [-0.4, -0.2) is 33.3 Å². The molecule has 0 saturated heterocycles. The summed E-state index contributed by atoms with van der Waals surface area (Å²) in [4.78, 5) is 8.96. The van der Waals surface area contributed by atoms with Crippen molar-refractivity contribution < 1.29 is 0 Å². The van der Waals surface area contributed by atoms with Gasteiger partial charge in [0.2, 0.25) is 5.95 Å². The molecule has 2 aromatic rings. The fourth-order valence-corrected chi connectivity index (χ4v) is 2.39. The second kappa shape index (κ2) is 7.81. The minimum absolute atomic E-state index is 0.637. The lowest BCUT2D eigenvalue weighted by Gasteiger charge is -2.16. The highest BCUT2D eigenvalue weighted by Gasteiger charge is 2.11. The Hall–Kier alpha value is -1.85. The molecule has 0 saturated carbocycles. The van der Waals surface area contributed by atoms with Crippen LogP contribution in [0.15, 0.2) is 6.20 Å². The van der Waals surface area contributed by atoms with Crippen molar-refractivity contribution in [2.24, 2.45) is 5.92 Å². The van der Waals surface area contributed by atoms with Gasteiger partial charge in [-0.15, -0.1) is 0 Å². The predicted molar refractivity (Wildman–Crippen MR) is 87.6 cm³/mol. The average molecular weight is 290 g/mol. The first-order valence-corrected chi connectivity index (χ1v) is 7.97. The molecule has 21 heavy (non-hydrogen) atoms. The largest absolute Gasteiger partial charge is 0.369 e. The number of aromatic nitrogens is 4. The van der Waals surface area contributed by atoms with Gasteiger partial charge in [-0.05, 0) is 19.3 Å². The van der Waals surface area contributed by atoms with Crippen molar-refractivity contribution in [1.82, 2.24) is 20.2 Å². The van der Waals surface area contributed by atoms with Crippen LogP contribution in [0.4, 0.5) is 11.8 Å². The second-order valence-corrected chi connectivity index (χ2v) is 5.36. The summed E-state index contributed by atoms with van der Waals surface area (Å²) in [6.45, 7) is 8.26. The van der Waals surface area contributed by atoms with E-state index in [0.29, 0.717) is 11.9 Å². The number of hydrogen-bond acceptors (Lipinski definition) is 5. The quantitative estimate of drug-likeness (QED) is 0.659. The molecule has 1 unspecified atom stereocenters. The lowest BCUT2D eigenvalue weighted by Crippen LogP contribution is -2.15. The van der Waals surface area contributed by atoms with E-state index in [9.17, 15) is 0 Å². The van der Waals surface area contributed by atoms with Gasteiger partial charge in [0.1, 0.15) is 5.82 Å². The number of unbranched alkanes of at least 4 members (excludes halogenated alkanes) is 1. The first-order chi connectivity index (χ1) is 10.3. The van der Waals surface area contributed by atoms with Crippen molar-refractivity contribution in [2.45, 2.75) is 46.5 Å². The van der Waals surface area contributed by atoms with Gasteiger partial charge in [-0.3, -0.25) is 5.10 Å². The maximum Gasteiger partial charge on any atom is 0.226 e. The van der Waals surface area contributed by atoms with E-state index < -0.39 is 0 Å². The SMILES string of the molecule is CCCCC(CC)CNc1nc(NCC)nc2[nH]ncc12. The zero-order valence-corrected chi connectivity index (χ0v) is 13.2. The molecule has 2 aromatic heterocycles. The molecule has 1 atom stereocenters. The van der Waals surface area contributed by atoms with Crippen LogP contribution in [0.2, 0.25) is 0 Å². The summed E-state index contributed by atoms with van der Waals surface area (Å²) < 4.78 is 0. The fourth-order valence-electron chi connectivity index (χ4n) is 2.39. The Morgan fingerprint density at radius 2 is 2.05 bits per heavy atom. The summed E-state index contributed by atoms with van der Waals surface area (Å²) in [5.41, 5.74) is 0.769. The molecule has 6 heteroatoms. The Balaban J connectivity index is 2.10. The minimum Gasteiger partial charge on any atom is -0.369 e. The van der Waals surface area contributed by atoms with E-state index in [2.05, 4.69) is 44.6 Å². The number of nitrogens with one attached hydrogen (secondary N) is 3. The third-order valence-electron chi connectivity index (χ3n) is 3.75. The Morgan fingerprint density at radius 1 is 1.19 bits per heavy atom. The van der Waals surface area contributed by atoms with Gasteiger partial charge in [-0.25, -0.2) is 0 Å². The Kier molecular flexibility index (Phi) is 5.78. The number of fused-ring (bicyclic) bond motifs is 1. The number of nitrogens with zero attached hydrogens (tertiary/aromatic N) is 3.